The van der Waals surface area contributed by atoms with Crippen LogP contribution in [0.1, 0.15) is 21.6 Å². The average molecular weight is 218 g/mol. The normalized spacial score (nSPS) is 10.6. The van der Waals surface area contributed by atoms with Gasteiger partial charge in [0.15, 0.2) is 6.29 Å². The molecule has 5 nitrogen and oxygen atoms in total. The molecule has 2 aromatic rings. The summed E-state index contributed by atoms with van der Waals surface area (Å²) in [4.78, 5) is 25.4. The van der Waals surface area contributed by atoms with Crippen LogP contribution in [0.2, 0.25) is 0 Å². The number of nitrogens with zero attached hydrogens (tertiary/aromatic N) is 2. The van der Waals surface area contributed by atoms with E-state index in [1.165, 1.54) is 0 Å². The Morgan fingerprint density at radius 3 is 2.94 bits per heavy atom. The first-order valence-corrected chi connectivity index (χ1v) is 4.75. The number of aliphatic carboxylic acids is 1. The summed E-state index contributed by atoms with van der Waals surface area (Å²) in [5.41, 5.74) is 2.56. The van der Waals surface area contributed by atoms with E-state index in [1.807, 2.05) is 6.92 Å². The van der Waals surface area contributed by atoms with Gasteiger partial charge in [0.05, 0.1) is 12.1 Å². The number of rotatable bonds is 3. The Morgan fingerprint density at radius 2 is 2.31 bits per heavy atom. The molecule has 0 bridgehead atoms. The maximum Gasteiger partial charge on any atom is 0.309 e. The minimum atomic E-state index is -0.920. The Labute approximate surface area is 91.3 Å². The molecule has 5 heteroatoms. The average Bonchev–Trinajstić information content (AvgIpc) is 2.59. The van der Waals surface area contributed by atoms with E-state index in [1.54, 1.807) is 22.9 Å². The zero-order valence-electron chi connectivity index (χ0n) is 8.67. The molecule has 1 N–H and O–H groups in total. The van der Waals surface area contributed by atoms with Crippen molar-refractivity contribution < 1.29 is 14.7 Å². The van der Waals surface area contributed by atoms with Crippen molar-refractivity contribution in [1.82, 2.24) is 9.38 Å². The number of fused-ring (bicyclic) bond motifs is 1. The Morgan fingerprint density at radius 1 is 1.56 bits per heavy atom. The third kappa shape index (κ3) is 1.79. The maximum absolute atomic E-state index is 10.7. The van der Waals surface area contributed by atoms with Crippen LogP contribution in [0.5, 0.6) is 0 Å². The lowest BCUT2D eigenvalue weighted by atomic mass is 10.2. The largest absolute Gasteiger partial charge is 0.481 e. The summed E-state index contributed by atoms with van der Waals surface area (Å²) in [5.74, 6) is -0.920. The molecule has 0 saturated heterocycles. The van der Waals surface area contributed by atoms with E-state index in [2.05, 4.69) is 4.98 Å². The lowest BCUT2D eigenvalue weighted by Crippen LogP contribution is -1.99. The van der Waals surface area contributed by atoms with Crippen LogP contribution in [-0.2, 0) is 11.2 Å². The quantitative estimate of drug-likeness (QED) is 0.782. The summed E-state index contributed by atoms with van der Waals surface area (Å²) in [7, 11) is 0. The van der Waals surface area contributed by atoms with Crippen LogP contribution in [0.25, 0.3) is 5.65 Å². The summed E-state index contributed by atoms with van der Waals surface area (Å²) in [6.07, 6.45) is 3.90. The molecule has 0 aliphatic heterocycles. The number of aldehydes is 1. The van der Waals surface area contributed by atoms with Crippen LogP contribution >= 0.6 is 0 Å². The molecule has 2 aromatic heterocycles. The van der Waals surface area contributed by atoms with E-state index in [0.717, 1.165) is 11.8 Å². The van der Waals surface area contributed by atoms with E-state index in [4.69, 9.17) is 5.11 Å². The predicted molar refractivity (Wildman–Crippen MR) is 56.7 cm³/mol. The molecule has 0 aliphatic rings. The van der Waals surface area contributed by atoms with E-state index in [0.29, 0.717) is 16.9 Å². The number of hydrogen-bond donors (Lipinski definition) is 1. The molecule has 0 spiro atoms. The molecule has 2 heterocycles. The van der Waals surface area contributed by atoms with Crippen LogP contribution in [0.4, 0.5) is 0 Å². The topological polar surface area (TPSA) is 71.7 Å². The van der Waals surface area contributed by atoms with E-state index in [-0.39, 0.29) is 6.42 Å². The fourth-order valence-corrected chi connectivity index (χ4v) is 1.65. The Hall–Kier alpha value is -2.17. The van der Waals surface area contributed by atoms with E-state index < -0.39 is 5.97 Å². The van der Waals surface area contributed by atoms with Crippen molar-refractivity contribution >= 4 is 17.9 Å². The molecule has 0 fully saturated rings. The predicted octanol–water partition coefficient (Wildman–Crippen LogP) is 1.08. The lowest BCUT2D eigenvalue weighted by Gasteiger charge is -1.98. The van der Waals surface area contributed by atoms with E-state index in [9.17, 15) is 9.59 Å². The first-order valence-electron chi connectivity index (χ1n) is 4.75. The van der Waals surface area contributed by atoms with Gasteiger partial charge in [-0.15, -0.1) is 0 Å². The smallest absolute Gasteiger partial charge is 0.309 e. The van der Waals surface area contributed by atoms with Crippen LogP contribution in [-0.4, -0.2) is 26.7 Å². The van der Waals surface area contributed by atoms with Crippen molar-refractivity contribution in [2.24, 2.45) is 0 Å². The Bertz CT molecular complexity index is 572. The Balaban J connectivity index is 2.56. The van der Waals surface area contributed by atoms with Crippen molar-refractivity contribution in [2.75, 3.05) is 0 Å². The van der Waals surface area contributed by atoms with Gasteiger partial charge in [-0.2, -0.15) is 0 Å². The van der Waals surface area contributed by atoms with Gasteiger partial charge in [0.2, 0.25) is 0 Å². The number of carbonyl (C=O) groups is 2. The molecule has 0 atom stereocenters. The van der Waals surface area contributed by atoms with Gasteiger partial charge in [-0.1, -0.05) is 0 Å². The summed E-state index contributed by atoms with van der Waals surface area (Å²) in [6, 6.07) is 1.72. The molecule has 0 unspecified atom stereocenters. The van der Waals surface area contributed by atoms with Crippen molar-refractivity contribution in [2.45, 2.75) is 13.3 Å². The number of hydrogen-bond acceptors (Lipinski definition) is 3. The summed E-state index contributed by atoms with van der Waals surface area (Å²) in [6.45, 7) is 1.83. The number of carbonyl (C=O) groups excluding carboxylic acids is 1. The fraction of sp³-hybridized carbons (Fsp3) is 0.182. The van der Waals surface area contributed by atoms with Crippen molar-refractivity contribution in [3.8, 4) is 0 Å². The minimum absolute atomic E-state index is 0.114. The van der Waals surface area contributed by atoms with Gasteiger partial charge >= 0.3 is 5.97 Å². The maximum atomic E-state index is 10.7. The molecular formula is C11H10N2O3. The molecule has 82 valence electrons. The second-order valence-electron chi connectivity index (χ2n) is 3.61. The van der Waals surface area contributed by atoms with E-state index >= 15 is 0 Å². The second-order valence-corrected chi connectivity index (χ2v) is 3.61. The van der Waals surface area contributed by atoms with Crippen LogP contribution < -0.4 is 0 Å². The third-order valence-electron chi connectivity index (χ3n) is 2.27. The standard InChI is InChI=1S/C11H10N2O3/c1-7-2-8(6-14)4-13-5-9(3-10(15)16)12-11(7)13/h2,4-6H,3H2,1H3,(H,15,16). The monoisotopic (exact) mass is 218 g/mol. The molecule has 0 aromatic carbocycles. The number of carboxylic acids is 1. The first-order chi connectivity index (χ1) is 7.60. The molecule has 0 amide bonds. The molecule has 0 radical (unpaired) electrons. The summed E-state index contributed by atoms with van der Waals surface area (Å²) >= 11 is 0. The molecular weight excluding hydrogens is 208 g/mol. The van der Waals surface area contributed by atoms with Crippen LogP contribution in [0, 0.1) is 6.92 Å². The fourth-order valence-electron chi connectivity index (χ4n) is 1.65. The molecule has 2 rings (SSSR count). The summed E-state index contributed by atoms with van der Waals surface area (Å²) < 4.78 is 1.68. The highest BCUT2D eigenvalue weighted by atomic mass is 16.4. The lowest BCUT2D eigenvalue weighted by molar-refractivity contribution is -0.136. The first kappa shape index (κ1) is 10.4. The van der Waals surface area contributed by atoms with Gasteiger partial charge < -0.3 is 9.51 Å². The van der Waals surface area contributed by atoms with Gasteiger partial charge in [0.1, 0.15) is 5.65 Å². The molecule has 0 aliphatic carbocycles. The Kier molecular flexibility index (Phi) is 2.44. The van der Waals surface area contributed by atoms with Gasteiger partial charge in [-0.05, 0) is 18.6 Å². The molecule has 16 heavy (non-hydrogen) atoms. The van der Waals surface area contributed by atoms with Gasteiger partial charge in [0.25, 0.3) is 0 Å². The zero-order valence-corrected chi connectivity index (χ0v) is 8.67. The SMILES string of the molecule is Cc1cc(C=O)cn2cc(CC(=O)O)nc12. The zero-order chi connectivity index (χ0) is 11.7. The highest BCUT2D eigenvalue weighted by Gasteiger charge is 2.08. The number of aromatic nitrogens is 2. The highest BCUT2D eigenvalue weighted by Crippen LogP contribution is 2.12. The van der Waals surface area contributed by atoms with Gasteiger partial charge in [-0.25, -0.2) is 4.98 Å². The highest BCUT2D eigenvalue weighted by molar-refractivity contribution is 5.76. The number of carboxylic acid groups (broad SMARTS) is 1. The number of aryl methyl sites for hydroxylation is 1. The van der Waals surface area contributed by atoms with Crippen molar-refractivity contribution in [3.63, 3.8) is 0 Å². The molecule has 0 saturated carbocycles. The van der Waals surface area contributed by atoms with Crippen molar-refractivity contribution in [1.29, 1.82) is 0 Å². The minimum Gasteiger partial charge on any atom is -0.481 e. The second kappa shape index (κ2) is 3.77. The summed E-state index contributed by atoms with van der Waals surface area (Å²) in [5, 5.41) is 8.66. The van der Waals surface area contributed by atoms with Crippen molar-refractivity contribution in [3.05, 3.63) is 35.3 Å². The van der Waals surface area contributed by atoms with Gasteiger partial charge in [-0.3, -0.25) is 9.59 Å². The van der Waals surface area contributed by atoms with Gasteiger partial charge in [0, 0.05) is 18.0 Å². The number of imidazole rings is 1. The number of pyridine rings is 1. The third-order valence-corrected chi connectivity index (χ3v) is 2.27. The van der Waals surface area contributed by atoms with Crippen LogP contribution in [0.15, 0.2) is 18.5 Å². The van der Waals surface area contributed by atoms with Crippen LogP contribution in [0.3, 0.4) is 0 Å².